The van der Waals surface area contributed by atoms with E-state index < -0.39 is 0 Å². The molecule has 5 heteroatoms. The highest BCUT2D eigenvalue weighted by molar-refractivity contribution is 6.31. The predicted octanol–water partition coefficient (Wildman–Crippen LogP) is 5.04. The number of aromatic nitrogens is 1. The molecule has 3 rings (SSSR count). The molecule has 1 amide bonds. The lowest BCUT2D eigenvalue weighted by Crippen LogP contribution is -2.13. The lowest BCUT2D eigenvalue weighted by atomic mass is 10.2. The van der Waals surface area contributed by atoms with E-state index >= 15 is 0 Å². The van der Waals surface area contributed by atoms with Gasteiger partial charge in [0.1, 0.15) is 5.69 Å². The van der Waals surface area contributed by atoms with E-state index in [1.165, 1.54) is 0 Å². The second-order valence-corrected chi connectivity index (χ2v) is 5.75. The molecule has 0 atom stereocenters. The Kier molecular flexibility index (Phi) is 4.77. The second-order valence-electron chi connectivity index (χ2n) is 5.34. The van der Waals surface area contributed by atoms with Gasteiger partial charge in [-0.2, -0.15) is 0 Å². The molecule has 0 spiro atoms. The Morgan fingerprint density at radius 3 is 2.50 bits per heavy atom. The molecule has 0 fully saturated rings. The van der Waals surface area contributed by atoms with Crippen LogP contribution in [0.4, 0.5) is 17.1 Å². The van der Waals surface area contributed by atoms with Gasteiger partial charge in [-0.3, -0.25) is 9.78 Å². The number of halogens is 1. The minimum atomic E-state index is -0.286. The van der Waals surface area contributed by atoms with Crippen LogP contribution in [-0.2, 0) is 0 Å². The van der Waals surface area contributed by atoms with Gasteiger partial charge in [-0.05, 0) is 48.9 Å². The van der Waals surface area contributed by atoms with Crippen molar-refractivity contribution >= 4 is 34.6 Å². The van der Waals surface area contributed by atoms with Crippen LogP contribution in [0.25, 0.3) is 0 Å². The summed E-state index contributed by atoms with van der Waals surface area (Å²) < 4.78 is 0. The minimum absolute atomic E-state index is 0.286. The van der Waals surface area contributed by atoms with E-state index in [1.807, 2.05) is 55.5 Å². The van der Waals surface area contributed by atoms with Crippen molar-refractivity contribution in [2.24, 2.45) is 0 Å². The SMILES string of the molecule is Cc1ccc(NC(=O)c2cc(Nc3ccccc3)ccn2)cc1Cl. The van der Waals surface area contributed by atoms with Gasteiger partial charge in [-0.25, -0.2) is 0 Å². The normalized spacial score (nSPS) is 10.2. The third-order valence-electron chi connectivity index (χ3n) is 3.48. The number of nitrogens with zero attached hydrogens (tertiary/aromatic N) is 1. The summed E-state index contributed by atoms with van der Waals surface area (Å²) in [6, 6.07) is 18.7. The number of nitrogens with one attached hydrogen (secondary N) is 2. The highest BCUT2D eigenvalue weighted by atomic mass is 35.5. The second kappa shape index (κ2) is 7.15. The highest BCUT2D eigenvalue weighted by Gasteiger charge is 2.09. The number of carbonyl (C=O) groups is 1. The number of amides is 1. The van der Waals surface area contributed by atoms with Crippen LogP contribution in [0, 0.1) is 6.92 Å². The zero-order valence-electron chi connectivity index (χ0n) is 13.1. The largest absolute Gasteiger partial charge is 0.355 e. The number of anilines is 3. The molecule has 0 aliphatic carbocycles. The quantitative estimate of drug-likeness (QED) is 0.701. The predicted molar refractivity (Wildman–Crippen MR) is 98.1 cm³/mol. The molecular formula is C19H16ClN3O. The van der Waals surface area contributed by atoms with E-state index in [1.54, 1.807) is 18.3 Å². The maximum absolute atomic E-state index is 12.4. The number of carbonyl (C=O) groups excluding carboxylic acids is 1. The van der Waals surface area contributed by atoms with E-state index in [4.69, 9.17) is 11.6 Å². The van der Waals surface area contributed by atoms with E-state index in [0.717, 1.165) is 16.9 Å². The van der Waals surface area contributed by atoms with Crippen molar-refractivity contribution in [2.45, 2.75) is 6.92 Å². The van der Waals surface area contributed by atoms with Crippen molar-refractivity contribution < 1.29 is 4.79 Å². The topological polar surface area (TPSA) is 54.0 Å². The Bertz CT molecular complexity index is 865. The summed E-state index contributed by atoms with van der Waals surface area (Å²) in [6.07, 6.45) is 1.60. The van der Waals surface area contributed by atoms with Gasteiger partial charge in [0.25, 0.3) is 5.91 Å². The first-order chi connectivity index (χ1) is 11.6. The summed E-state index contributed by atoms with van der Waals surface area (Å²) in [7, 11) is 0. The molecule has 24 heavy (non-hydrogen) atoms. The summed E-state index contributed by atoms with van der Waals surface area (Å²) in [6.45, 7) is 1.91. The number of hydrogen-bond acceptors (Lipinski definition) is 3. The number of benzene rings is 2. The third kappa shape index (κ3) is 3.91. The molecule has 0 aliphatic rings. The Labute approximate surface area is 145 Å². The number of para-hydroxylation sites is 1. The Morgan fingerprint density at radius 2 is 1.75 bits per heavy atom. The Balaban J connectivity index is 1.75. The van der Waals surface area contributed by atoms with Crippen LogP contribution in [0.15, 0.2) is 66.9 Å². The van der Waals surface area contributed by atoms with Crippen molar-refractivity contribution in [3.63, 3.8) is 0 Å². The lowest BCUT2D eigenvalue weighted by molar-refractivity contribution is 0.102. The lowest BCUT2D eigenvalue weighted by Gasteiger charge is -2.09. The van der Waals surface area contributed by atoms with Crippen molar-refractivity contribution in [1.29, 1.82) is 0 Å². The minimum Gasteiger partial charge on any atom is -0.355 e. The monoisotopic (exact) mass is 337 g/mol. The third-order valence-corrected chi connectivity index (χ3v) is 3.89. The van der Waals surface area contributed by atoms with Crippen LogP contribution in [0.1, 0.15) is 16.1 Å². The fourth-order valence-corrected chi connectivity index (χ4v) is 2.37. The van der Waals surface area contributed by atoms with E-state index in [2.05, 4.69) is 15.6 Å². The van der Waals surface area contributed by atoms with Crippen LogP contribution in [0.3, 0.4) is 0 Å². The zero-order valence-corrected chi connectivity index (χ0v) is 13.8. The fraction of sp³-hybridized carbons (Fsp3) is 0.0526. The summed E-state index contributed by atoms with van der Waals surface area (Å²) in [4.78, 5) is 16.5. The molecule has 0 radical (unpaired) electrons. The van der Waals surface area contributed by atoms with Gasteiger partial charge in [-0.1, -0.05) is 35.9 Å². The Hall–Kier alpha value is -2.85. The summed E-state index contributed by atoms with van der Waals surface area (Å²) >= 11 is 6.08. The van der Waals surface area contributed by atoms with Gasteiger partial charge in [-0.15, -0.1) is 0 Å². The number of hydrogen-bond donors (Lipinski definition) is 2. The van der Waals surface area contributed by atoms with Crippen LogP contribution >= 0.6 is 11.6 Å². The first kappa shape index (κ1) is 16.0. The standard InChI is InChI=1S/C19H16ClN3O/c1-13-7-8-15(11-17(13)20)23-19(24)18-12-16(9-10-21-18)22-14-5-3-2-4-6-14/h2-12H,1H3,(H,21,22)(H,23,24). The molecule has 0 unspecified atom stereocenters. The molecule has 0 saturated heterocycles. The van der Waals surface area contributed by atoms with E-state index in [-0.39, 0.29) is 5.91 Å². The average Bonchev–Trinajstić information content (AvgIpc) is 2.59. The van der Waals surface area contributed by atoms with Gasteiger partial charge in [0.05, 0.1) is 0 Å². The number of pyridine rings is 1. The van der Waals surface area contributed by atoms with Crippen LogP contribution < -0.4 is 10.6 Å². The van der Waals surface area contributed by atoms with Gasteiger partial charge in [0.2, 0.25) is 0 Å². The summed E-state index contributed by atoms with van der Waals surface area (Å²) in [5.41, 5.74) is 3.66. The van der Waals surface area contributed by atoms with Crippen LogP contribution in [-0.4, -0.2) is 10.9 Å². The molecular weight excluding hydrogens is 322 g/mol. The maximum atomic E-state index is 12.4. The first-order valence-corrected chi connectivity index (χ1v) is 7.85. The molecule has 3 aromatic rings. The molecule has 1 aromatic heterocycles. The van der Waals surface area contributed by atoms with Crippen LogP contribution in [0.2, 0.25) is 5.02 Å². The van der Waals surface area contributed by atoms with E-state index in [9.17, 15) is 4.79 Å². The average molecular weight is 338 g/mol. The molecule has 0 bridgehead atoms. The zero-order chi connectivity index (χ0) is 16.9. The van der Waals surface area contributed by atoms with Crippen molar-refractivity contribution in [3.8, 4) is 0 Å². The van der Waals surface area contributed by atoms with Crippen molar-refractivity contribution in [2.75, 3.05) is 10.6 Å². The first-order valence-electron chi connectivity index (χ1n) is 7.47. The van der Waals surface area contributed by atoms with Gasteiger partial charge >= 0.3 is 0 Å². The molecule has 2 aromatic carbocycles. The highest BCUT2D eigenvalue weighted by Crippen LogP contribution is 2.21. The molecule has 1 heterocycles. The van der Waals surface area contributed by atoms with E-state index in [0.29, 0.717) is 16.4 Å². The molecule has 0 saturated carbocycles. The molecule has 2 N–H and O–H groups in total. The Morgan fingerprint density at radius 1 is 0.958 bits per heavy atom. The fourth-order valence-electron chi connectivity index (χ4n) is 2.19. The molecule has 4 nitrogen and oxygen atoms in total. The van der Waals surface area contributed by atoms with Gasteiger partial charge in [0.15, 0.2) is 0 Å². The summed E-state index contributed by atoms with van der Waals surface area (Å²) in [5, 5.41) is 6.65. The maximum Gasteiger partial charge on any atom is 0.274 e. The number of rotatable bonds is 4. The molecule has 120 valence electrons. The van der Waals surface area contributed by atoms with Crippen LogP contribution in [0.5, 0.6) is 0 Å². The van der Waals surface area contributed by atoms with Gasteiger partial charge < -0.3 is 10.6 Å². The molecule has 0 aliphatic heterocycles. The van der Waals surface area contributed by atoms with Crippen molar-refractivity contribution in [1.82, 2.24) is 4.98 Å². The summed E-state index contributed by atoms with van der Waals surface area (Å²) in [5.74, 6) is -0.286. The number of aryl methyl sites for hydroxylation is 1. The van der Waals surface area contributed by atoms with Gasteiger partial charge in [0, 0.05) is 28.3 Å². The smallest absolute Gasteiger partial charge is 0.274 e. The van der Waals surface area contributed by atoms with Crippen molar-refractivity contribution in [3.05, 3.63) is 83.1 Å².